The van der Waals surface area contributed by atoms with Crippen LogP contribution < -0.4 is 9.47 Å². The highest BCUT2D eigenvalue weighted by atomic mass is 28.3. The van der Waals surface area contributed by atoms with Gasteiger partial charge in [0.2, 0.25) is 0 Å². The van der Waals surface area contributed by atoms with Gasteiger partial charge in [-0.05, 0) is 127 Å². The van der Waals surface area contributed by atoms with Crippen LogP contribution in [0.5, 0.6) is 23.0 Å². The van der Waals surface area contributed by atoms with E-state index in [4.69, 9.17) is 9.47 Å². The van der Waals surface area contributed by atoms with Gasteiger partial charge < -0.3 is 19.7 Å². The van der Waals surface area contributed by atoms with Crippen LogP contribution in [0.15, 0.2) is 84.9 Å². The smallest absolute Gasteiger partial charge is 0.162 e. The highest BCUT2D eigenvalue weighted by molar-refractivity contribution is 6.82. The minimum atomic E-state index is -2.90. The van der Waals surface area contributed by atoms with Gasteiger partial charge in [-0.1, -0.05) is 147 Å². The van der Waals surface area contributed by atoms with Gasteiger partial charge in [0.15, 0.2) is 23.3 Å². The third-order valence-corrected chi connectivity index (χ3v) is 20.3. The van der Waals surface area contributed by atoms with E-state index < -0.39 is 31.3 Å². The molecule has 380 valence electrons. The summed E-state index contributed by atoms with van der Waals surface area (Å²) in [5.74, 6) is -4.50. The molecular weight excluding hydrogens is 913 g/mol. The maximum absolute atomic E-state index is 15.5. The Morgan fingerprint density at radius 3 is 0.930 bits per heavy atom. The molecule has 6 rings (SSSR count). The van der Waals surface area contributed by atoms with Crippen molar-refractivity contribution in [3.63, 3.8) is 0 Å². The molecule has 0 aromatic heterocycles. The van der Waals surface area contributed by atoms with Crippen molar-refractivity contribution < 1.29 is 37.2 Å². The molecule has 0 bridgehead atoms. The fraction of sp³-hybridized carbons (Fsp3) is 0.419. The van der Waals surface area contributed by atoms with E-state index in [-0.39, 0.29) is 90.5 Å². The zero-order valence-electron chi connectivity index (χ0n) is 45.4. The van der Waals surface area contributed by atoms with Gasteiger partial charge >= 0.3 is 0 Å². The van der Waals surface area contributed by atoms with Gasteiger partial charge in [-0.3, -0.25) is 0 Å². The van der Waals surface area contributed by atoms with Crippen LogP contribution in [0, 0.1) is 37.1 Å². The van der Waals surface area contributed by atoms with Crippen molar-refractivity contribution in [2.45, 2.75) is 157 Å². The van der Waals surface area contributed by atoms with Crippen molar-refractivity contribution >= 4 is 8.07 Å². The number of hydrogen-bond donors (Lipinski definition) is 2. The van der Waals surface area contributed by atoms with E-state index in [1.54, 1.807) is 12.1 Å². The second-order valence-corrected chi connectivity index (χ2v) is 30.0. The lowest BCUT2D eigenvalue weighted by molar-refractivity contribution is 0.331. The number of phenols is 2. The Kier molecular flexibility index (Phi) is 15.3. The molecule has 0 radical (unpaired) electrons. The maximum atomic E-state index is 15.5. The van der Waals surface area contributed by atoms with Crippen LogP contribution >= 0.6 is 0 Å². The second kappa shape index (κ2) is 19.8. The van der Waals surface area contributed by atoms with E-state index >= 15 is 17.6 Å². The fourth-order valence-corrected chi connectivity index (χ4v) is 12.8. The zero-order chi connectivity index (χ0) is 53.1. The first-order valence-corrected chi connectivity index (χ1v) is 27.4. The van der Waals surface area contributed by atoms with Crippen LogP contribution in [0.1, 0.15) is 144 Å². The normalized spacial score (nSPS) is 12.8. The third-order valence-electron chi connectivity index (χ3n) is 14.4. The number of aromatic hydroxyl groups is 2. The number of ether oxygens (including phenoxy) is 2. The van der Waals surface area contributed by atoms with E-state index in [2.05, 4.69) is 147 Å². The minimum Gasteiger partial charge on any atom is -0.507 e. The summed E-state index contributed by atoms with van der Waals surface area (Å²) >= 11 is 0. The van der Waals surface area contributed by atoms with Gasteiger partial charge in [0.1, 0.15) is 31.1 Å². The summed E-state index contributed by atoms with van der Waals surface area (Å²) in [6.07, 6.45) is 0.142. The third kappa shape index (κ3) is 11.7. The lowest BCUT2D eigenvalue weighted by Gasteiger charge is -2.38. The molecule has 6 aromatic carbocycles. The van der Waals surface area contributed by atoms with E-state index in [9.17, 15) is 10.2 Å². The average molecular weight is 989 g/mol. The quantitative estimate of drug-likeness (QED) is 0.0947. The number of aryl methyl sites for hydroxylation is 2. The lowest BCUT2D eigenvalue weighted by atomic mass is 9.78. The van der Waals surface area contributed by atoms with Crippen molar-refractivity contribution in [2.75, 3.05) is 12.5 Å². The molecule has 6 aromatic rings. The van der Waals surface area contributed by atoms with Crippen LogP contribution in [0.3, 0.4) is 0 Å². The Bertz CT molecular complexity index is 2690. The average Bonchev–Trinajstić information content (AvgIpc) is 3.25. The molecular formula is C62H76F4O4Si. The lowest BCUT2D eigenvalue weighted by Crippen LogP contribution is -2.53. The number of rotatable bonds is 12. The summed E-state index contributed by atoms with van der Waals surface area (Å²) in [5, 5.41) is 24.4. The van der Waals surface area contributed by atoms with Crippen molar-refractivity contribution in [3.8, 4) is 67.5 Å². The number of phenolic OH excluding ortho intramolecular Hbond substituents is 2. The van der Waals surface area contributed by atoms with Gasteiger partial charge in [-0.15, -0.1) is 0 Å². The first-order valence-electron chi connectivity index (χ1n) is 24.9. The molecule has 0 aliphatic carbocycles. The summed E-state index contributed by atoms with van der Waals surface area (Å²) in [6, 6.07) is 24.2. The molecule has 0 aliphatic heterocycles. The van der Waals surface area contributed by atoms with Crippen LogP contribution in [0.25, 0.3) is 44.5 Å². The zero-order valence-corrected chi connectivity index (χ0v) is 46.4. The van der Waals surface area contributed by atoms with Crippen LogP contribution in [0.2, 0.25) is 11.1 Å². The van der Waals surface area contributed by atoms with Crippen LogP contribution in [-0.4, -0.2) is 30.7 Å². The Hall–Kier alpha value is -5.54. The van der Waals surface area contributed by atoms with Gasteiger partial charge in [0.05, 0.1) is 12.5 Å². The molecule has 4 nitrogen and oxygen atoms in total. The highest BCUT2D eigenvalue weighted by Crippen LogP contribution is 2.48. The Labute approximate surface area is 422 Å². The Morgan fingerprint density at radius 1 is 0.394 bits per heavy atom. The Morgan fingerprint density at radius 2 is 0.662 bits per heavy atom. The summed E-state index contributed by atoms with van der Waals surface area (Å²) < 4.78 is 75.1. The number of halogens is 4. The molecule has 0 heterocycles. The molecule has 2 N–H and O–H groups in total. The summed E-state index contributed by atoms with van der Waals surface area (Å²) in [7, 11) is -2.90. The molecule has 0 saturated carbocycles. The van der Waals surface area contributed by atoms with Crippen molar-refractivity contribution in [1.29, 1.82) is 0 Å². The standard InChI is InChI=1S/C62H76F4O4Si/c1-35(2)71(36(3)4,33-69-55-31-53(65)51(63)29-47(55)49-21-37(5)19-45(57(49)67)39-23-41(59(7,8)9)27-42(24-39)60(10,11)12)34-70-56-32-54(66)52(64)30-48(56)50-22-38(6)20-46(58(50)68)40-25-43(61(13,14)15)28-44(26-40)62(16,17)18/h19-32,35-36,67-68H,33-34H2,1-18H3. The maximum Gasteiger partial charge on any atom is 0.162 e. The molecule has 0 spiro atoms. The summed E-state index contributed by atoms with van der Waals surface area (Å²) in [4.78, 5) is 0. The fourth-order valence-electron chi connectivity index (χ4n) is 9.22. The van der Waals surface area contributed by atoms with E-state index in [1.807, 2.05) is 26.0 Å². The van der Waals surface area contributed by atoms with Crippen molar-refractivity contribution in [3.05, 3.63) is 142 Å². The SMILES string of the molecule is Cc1cc(-c2cc(C(C)(C)C)cc(C(C)(C)C)c2)c(O)c(-c2cc(F)c(F)cc2OC[Si](COc2cc(F)c(F)cc2-c2cc(C)cc(-c3cc(C(C)(C)C)cc(C(C)(C)C)c3)c2O)(C(C)C)C(C)C)c1. The number of hydrogen-bond acceptors (Lipinski definition) is 4. The summed E-state index contributed by atoms with van der Waals surface area (Å²) in [5.41, 5.74) is 8.79. The van der Waals surface area contributed by atoms with E-state index in [0.29, 0.717) is 11.1 Å². The van der Waals surface area contributed by atoms with E-state index in [0.717, 1.165) is 68.8 Å². The van der Waals surface area contributed by atoms with Crippen LogP contribution in [0.4, 0.5) is 17.6 Å². The van der Waals surface area contributed by atoms with Crippen molar-refractivity contribution in [1.82, 2.24) is 0 Å². The van der Waals surface area contributed by atoms with Crippen molar-refractivity contribution in [2.24, 2.45) is 0 Å². The molecule has 9 heteroatoms. The molecule has 0 unspecified atom stereocenters. The number of benzene rings is 6. The predicted octanol–water partition coefficient (Wildman–Crippen LogP) is 17.9. The van der Waals surface area contributed by atoms with Gasteiger partial charge in [0.25, 0.3) is 0 Å². The molecule has 0 saturated heterocycles. The highest BCUT2D eigenvalue weighted by Gasteiger charge is 2.43. The van der Waals surface area contributed by atoms with E-state index in [1.165, 1.54) is 0 Å². The Balaban J connectivity index is 1.43. The van der Waals surface area contributed by atoms with Crippen LogP contribution in [-0.2, 0) is 21.7 Å². The minimum absolute atomic E-state index is 0.0258. The second-order valence-electron chi connectivity index (χ2n) is 24.7. The molecule has 0 amide bonds. The van der Waals surface area contributed by atoms with Gasteiger partial charge in [0, 0.05) is 45.5 Å². The largest absolute Gasteiger partial charge is 0.507 e. The van der Waals surface area contributed by atoms with Gasteiger partial charge in [-0.2, -0.15) is 0 Å². The topological polar surface area (TPSA) is 58.9 Å². The first-order chi connectivity index (χ1) is 32.6. The molecule has 71 heavy (non-hydrogen) atoms. The first kappa shape index (κ1) is 54.8. The molecule has 0 atom stereocenters. The van der Waals surface area contributed by atoms with Gasteiger partial charge in [-0.25, -0.2) is 17.6 Å². The molecule has 0 aliphatic rings. The summed E-state index contributed by atoms with van der Waals surface area (Å²) in [6.45, 7) is 37.8. The predicted molar refractivity (Wildman–Crippen MR) is 289 cm³/mol. The molecule has 0 fully saturated rings. The monoisotopic (exact) mass is 989 g/mol.